The molecule has 0 fully saturated rings. The van der Waals surface area contributed by atoms with E-state index >= 15 is 8.78 Å². The summed E-state index contributed by atoms with van der Waals surface area (Å²) in [5.41, 5.74) is 1.68. The fraction of sp³-hybridized carbons (Fsp3) is 0.176. The van der Waals surface area contributed by atoms with E-state index in [2.05, 4.69) is 20.6 Å². The number of hydrazone groups is 2. The molecule has 1 aromatic carbocycles. The molecule has 0 saturated carbocycles. The lowest BCUT2D eigenvalue weighted by Gasteiger charge is -2.29. The number of anilines is 1. The third-order valence-corrected chi connectivity index (χ3v) is 3.83. The number of pyridine rings is 1. The van der Waals surface area contributed by atoms with Crippen LogP contribution in [0.5, 0.6) is 0 Å². The van der Waals surface area contributed by atoms with Gasteiger partial charge in [-0.15, -0.1) is 0 Å². The molecule has 0 saturated heterocycles. The summed E-state index contributed by atoms with van der Waals surface area (Å²) in [5, 5.41) is 14.4. The number of nitrogens with two attached hydrogens (primary N) is 2. The maximum absolute atomic E-state index is 15.3. The van der Waals surface area contributed by atoms with Crippen LogP contribution in [0.1, 0.15) is 17.2 Å². The zero-order chi connectivity index (χ0) is 21.4. The Morgan fingerprint density at radius 3 is 2.62 bits per heavy atom. The standard InChI is InChI=1S/C17H18F4N8/c18-11-1-3-13(15(19)7-11)14(9-29(24)10-26-23)17(20,21)16-4-2-12(8-25-16)28-27-6-5-22/h1-8,10,14,22,28H,9,23-24H2/b22-5?,26-10-,27-6-. The molecule has 2 rings (SSSR count). The number of hydrazine groups is 1. The Morgan fingerprint density at radius 1 is 1.28 bits per heavy atom. The van der Waals surface area contributed by atoms with Crippen LogP contribution in [0.3, 0.4) is 0 Å². The maximum Gasteiger partial charge on any atom is 0.298 e. The van der Waals surface area contributed by atoms with Gasteiger partial charge in [0.25, 0.3) is 5.92 Å². The van der Waals surface area contributed by atoms with E-state index in [1.54, 1.807) is 0 Å². The van der Waals surface area contributed by atoms with E-state index in [0.717, 1.165) is 48.2 Å². The highest BCUT2D eigenvalue weighted by Gasteiger charge is 2.45. The van der Waals surface area contributed by atoms with Crippen LogP contribution < -0.4 is 17.1 Å². The van der Waals surface area contributed by atoms with Gasteiger partial charge in [0.2, 0.25) is 0 Å². The van der Waals surface area contributed by atoms with E-state index < -0.39 is 41.3 Å². The second-order valence-electron chi connectivity index (χ2n) is 5.79. The van der Waals surface area contributed by atoms with Crippen LogP contribution in [0.2, 0.25) is 0 Å². The van der Waals surface area contributed by atoms with E-state index in [9.17, 15) is 8.78 Å². The second-order valence-corrected chi connectivity index (χ2v) is 5.79. The molecule has 8 nitrogen and oxygen atoms in total. The zero-order valence-corrected chi connectivity index (χ0v) is 14.9. The number of benzene rings is 1. The van der Waals surface area contributed by atoms with Gasteiger partial charge in [0.15, 0.2) is 0 Å². The van der Waals surface area contributed by atoms with Crippen molar-refractivity contribution in [2.75, 3.05) is 12.0 Å². The van der Waals surface area contributed by atoms with Crippen molar-refractivity contribution < 1.29 is 17.6 Å². The Morgan fingerprint density at radius 2 is 2.03 bits per heavy atom. The predicted octanol–water partition coefficient (Wildman–Crippen LogP) is 2.36. The summed E-state index contributed by atoms with van der Waals surface area (Å²) in [5.74, 6) is 2.99. The van der Waals surface area contributed by atoms with Gasteiger partial charge in [-0.1, -0.05) is 6.07 Å². The average Bonchev–Trinajstić information content (AvgIpc) is 2.67. The summed E-state index contributed by atoms with van der Waals surface area (Å²) >= 11 is 0. The van der Waals surface area contributed by atoms with Crippen molar-refractivity contribution in [1.29, 1.82) is 5.41 Å². The van der Waals surface area contributed by atoms with Crippen LogP contribution >= 0.6 is 0 Å². The monoisotopic (exact) mass is 410 g/mol. The smallest absolute Gasteiger partial charge is 0.298 e. The summed E-state index contributed by atoms with van der Waals surface area (Å²) in [6.07, 6.45) is 4.06. The molecule has 0 aliphatic carbocycles. The van der Waals surface area contributed by atoms with Crippen LogP contribution in [0.4, 0.5) is 23.2 Å². The van der Waals surface area contributed by atoms with E-state index in [0.29, 0.717) is 11.8 Å². The molecular weight excluding hydrogens is 392 g/mol. The number of hydrogen-bond acceptors (Lipinski definition) is 7. The first-order valence-electron chi connectivity index (χ1n) is 8.11. The Balaban J connectivity index is 2.41. The van der Waals surface area contributed by atoms with Crippen LogP contribution in [-0.4, -0.2) is 35.3 Å². The van der Waals surface area contributed by atoms with Gasteiger partial charge < -0.3 is 11.3 Å². The molecule has 1 unspecified atom stereocenters. The molecule has 154 valence electrons. The van der Waals surface area contributed by atoms with Crippen molar-refractivity contribution >= 4 is 24.5 Å². The predicted molar refractivity (Wildman–Crippen MR) is 102 cm³/mol. The molecule has 29 heavy (non-hydrogen) atoms. The number of aromatic nitrogens is 1. The Hall–Kier alpha value is -3.54. The lowest BCUT2D eigenvalue weighted by atomic mass is 9.89. The summed E-state index contributed by atoms with van der Waals surface area (Å²) in [6, 6.07) is 4.64. The second kappa shape index (κ2) is 9.59. The van der Waals surface area contributed by atoms with Crippen molar-refractivity contribution in [3.63, 3.8) is 0 Å². The first-order valence-corrected chi connectivity index (χ1v) is 8.11. The van der Waals surface area contributed by atoms with Crippen molar-refractivity contribution in [1.82, 2.24) is 9.99 Å². The van der Waals surface area contributed by atoms with Gasteiger partial charge in [-0.05, 0) is 23.8 Å². The minimum absolute atomic E-state index is 0.294. The number of halogens is 4. The molecule has 2 aromatic rings. The SMILES string of the molecule is N=C/C=N\Nc1ccc(C(F)(F)C(CN(N)/C=N\N)c2ccc(F)cc2F)nc1. The lowest BCUT2D eigenvalue weighted by molar-refractivity contribution is -0.0443. The minimum Gasteiger partial charge on any atom is -0.322 e. The van der Waals surface area contributed by atoms with E-state index in [1.807, 2.05) is 0 Å². The first-order chi connectivity index (χ1) is 13.8. The number of alkyl halides is 2. The fourth-order valence-corrected chi connectivity index (χ4v) is 2.52. The summed E-state index contributed by atoms with van der Waals surface area (Å²) in [7, 11) is 0. The molecule has 0 aliphatic rings. The molecule has 1 atom stereocenters. The fourth-order valence-electron chi connectivity index (χ4n) is 2.52. The highest BCUT2D eigenvalue weighted by atomic mass is 19.3. The van der Waals surface area contributed by atoms with Crippen molar-refractivity contribution in [3.05, 3.63) is 59.4 Å². The topological polar surface area (TPSA) is 129 Å². The van der Waals surface area contributed by atoms with Crippen LogP contribution in [-0.2, 0) is 5.92 Å². The minimum atomic E-state index is -3.69. The highest BCUT2D eigenvalue weighted by Crippen LogP contribution is 2.42. The van der Waals surface area contributed by atoms with Gasteiger partial charge in [-0.25, -0.2) is 14.6 Å². The zero-order valence-electron chi connectivity index (χ0n) is 14.9. The largest absolute Gasteiger partial charge is 0.322 e. The van der Waals surface area contributed by atoms with Crippen LogP contribution in [0.15, 0.2) is 46.7 Å². The van der Waals surface area contributed by atoms with E-state index in [4.69, 9.17) is 17.1 Å². The number of hydrogen-bond donors (Lipinski definition) is 4. The van der Waals surface area contributed by atoms with Crippen LogP contribution in [0.25, 0.3) is 0 Å². The third-order valence-electron chi connectivity index (χ3n) is 3.83. The number of rotatable bonds is 9. The summed E-state index contributed by atoms with van der Waals surface area (Å²) in [6.45, 7) is -0.582. The Labute approximate surface area is 163 Å². The van der Waals surface area contributed by atoms with Crippen LogP contribution in [0, 0.1) is 17.0 Å². The molecule has 1 heterocycles. The Kier molecular flexibility index (Phi) is 7.20. The molecular formula is C17H18F4N8. The van der Waals surface area contributed by atoms with E-state index in [1.165, 1.54) is 6.07 Å². The van der Waals surface area contributed by atoms with Gasteiger partial charge in [0, 0.05) is 18.8 Å². The van der Waals surface area contributed by atoms with Gasteiger partial charge in [-0.3, -0.25) is 15.4 Å². The molecule has 1 aromatic heterocycles. The molecule has 6 N–H and O–H groups in total. The molecule has 0 bridgehead atoms. The quantitative estimate of drug-likeness (QED) is 0.166. The summed E-state index contributed by atoms with van der Waals surface area (Å²) in [4.78, 5) is 3.72. The third kappa shape index (κ3) is 5.48. The molecule has 0 radical (unpaired) electrons. The van der Waals surface area contributed by atoms with Crippen molar-refractivity contribution in [2.45, 2.75) is 11.8 Å². The molecule has 0 spiro atoms. The molecule has 0 amide bonds. The van der Waals surface area contributed by atoms with Gasteiger partial charge in [-0.2, -0.15) is 19.0 Å². The number of nitrogens with one attached hydrogen (secondary N) is 2. The molecule has 0 aliphatic heterocycles. The normalized spacial score (nSPS) is 13.0. The van der Waals surface area contributed by atoms with E-state index in [-0.39, 0.29) is 0 Å². The van der Waals surface area contributed by atoms with Gasteiger partial charge >= 0.3 is 0 Å². The summed E-state index contributed by atoms with van der Waals surface area (Å²) < 4.78 is 58.0. The average molecular weight is 410 g/mol. The maximum atomic E-state index is 15.3. The van der Waals surface area contributed by atoms with Crippen molar-refractivity contribution in [2.24, 2.45) is 21.9 Å². The first kappa shape index (κ1) is 21.8. The van der Waals surface area contributed by atoms with Crippen molar-refractivity contribution in [3.8, 4) is 0 Å². The molecule has 12 heteroatoms. The van der Waals surface area contributed by atoms with Gasteiger partial charge in [0.05, 0.1) is 24.0 Å². The number of nitrogens with zero attached hydrogens (tertiary/aromatic N) is 4. The highest BCUT2D eigenvalue weighted by molar-refractivity contribution is 6.14. The van der Waals surface area contributed by atoms with Gasteiger partial charge in [0.1, 0.15) is 23.7 Å². The Bertz CT molecular complexity index is 886. The lowest BCUT2D eigenvalue weighted by Crippen LogP contribution is -2.40.